The van der Waals surface area contributed by atoms with Crippen LogP contribution in [-0.4, -0.2) is 33.6 Å². The van der Waals surface area contributed by atoms with Gasteiger partial charge in [-0.05, 0) is 38.0 Å². The lowest BCUT2D eigenvalue weighted by Gasteiger charge is -2.14. The van der Waals surface area contributed by atoms with Crippen LogP contribution in [0.2, 0.25) is 0 Å². The van der Waals surface area contributed by atoms with Gasteiger partial charge in [-0.15, -0.1) is 0 Å². The summed E-state index contributed by atoms with van der Waals surface area (Å²) in [4.78, 5) is 12.1. The van der Waals surface area contributed by atoms with Gasteiger partial charge in [0.2, 0.25) is 0 Å². The molecular weight excluding hydrogens is 314 g/mol. The molecule has 0 aromatic heterocycles. The predicted octanol–water partition coefficient (Wildman–Crippen LogP) is 2.33. The van der Waals surface area contributed by atoms with Crippen molar-refractivity contribution in [3.05, 3.63) is 29.3 Å². The number of hydrogen-bond acceptors (Lipinski definition) is 4. The second kappa shape index (κ2) is 7.77. The van der Waals surface area contributed by atoms with Crippen molar-refractivity contribution in [3.8, 4) is 0 Å². The fourth-order valence-corrected chi connectivity index (χ4v) is 2.68. The van der Waals surface area contributed by atoms with Crippen LogP contribution in [0, 0.1) is 0 Å². The standard InChI is InChI=1S/C14H20ClNO4S/c1-4-11-6-7-12(21(15,18)19)8-13(11)14(17)16-9-10(3)20-5-2/h6-8,10H,4-5,9H2,1-3H3,(H,16,17). The van der Waals surface area contributed by atoms with E-state index in [2.05, 4.69) is 5.32 Å². The molecule has 0 bridgehead atoms. The van der Waals surface area contributed by atoms with Gasteiger partial charge in [0, 0.05) is 29.4 Å². The Bertz CT molecular complexity index is 601. The zero-order valence-electron chi connectivity index (χ0n) is 12.3. The monoisotopic (exact) mass is 333 g/mol. The number of halogens is 1. The molecular formula is C14H20ClNO4S. The Balaban J connectivity index is 2.96. The van der Waals surface area contributed by atoms with Gasteiger partial charge in [-0.2, -0.15) is 0 Å². The first-order chi connectivity index (χ1) is 9.79. The summed E-state index contributed by atoms with van der Waals surface area (Å²) in [7, 11) is 1.46. The Labute approximate surface area is 130 Å². The van der Waals surface area contributed by atoms with Crippen molar-refractivity contribution >= 4 is 25.6 Å². The van der Waals surface area contributed by atoms with Gasteiger partial charge >= 0.3 is 0 Å². The van der Waals surface area contributed by atoms with Crippen molar-refractivity contribution in [1.82, 2.24) is 5.32 Å². The van der Waals surface area contributed by atoms with E-state index in [4.69, 9.17) is 15.4 Å². The van der Waals surface area contributed by atoms with Crippen LogP contribution in [-0.2, 0) is 20.2 Å². The molecule has 1 N–H and O–H groups in total. The van der Waals surface area contributed by atoms with Gasteiger partial charge in [0.15, 0.2) is 0 Å². The van der Waals surface area contributed by atoms with Crippen molar-refractivity contribution in [2.75, 3.05) is 13.2 Å². The van der Waals surface area contributed by atoms with Gasteiger partial charge in [0.25, 0.3) is 15.0 Å². The van der Waals surface area contributed by atoms with Crippen molar-refractivity contribution in [2.45, 2.75) is 38.2 Å². The molecule has 1 atom stereocenters. The second-order valence-electron chi connectivity index (χ2n) is 4.59. The lowest BCUT2D eigenvalue weighted by Crippen LogP contribution is -2.32. The van der Waals surface area contributed by atoms with E-state index < -0.39 is 9.05 Å². The zero-order chi connectivity index (χ0) is 16.0. The maximum Gasteiger partial charge on any atom is 0.261 e. The van der Waals surface area contributed by atoms with Crippen molar-refractivity contribution in [3.63, 3.8) is 0 Å². The minimum absolute atomic E-state index is 0.0793. The number of rotatable bonds is 7. The number of ether oxygens (including phenoxy) is 1. The Hall–Kier alpha value is -1.11. The highest BCUT2D eigenvalue weighted by Crippen LogP contribution is 2.20. The average Bonchev–Trinajstić information content (AvgIpc) is 2.43. The van der Waals surface area contributed by atoms with Crippen LogP contribution in [0.5, 0.6) is 0 Å². The number of benzene rings is 1. The summed E-state index contributed by atoms with van der Waals surface area (Å²) in [6, 6.07) is 4.32. The molecule has 1 rings (SSSR count). The normalized spacial score (nSPS) is 13.0. The second-order valence-corrected chi connectivity index (χ2v) is 7.15. The Morgan fingerprint density at radius 3 is 2.57 bits per heavy atom. The number of nitrogens with one attached hydrogen (secondary N) is 1. The van der Waals surface area contributed by atoms with Gasteiger partial charge in [0.1, 0.15) is 0 Å². The number of hydrogen-bond donors (Lipinski definition) is 1. The molecule has 118 valence electrons. The van der Waals surface area contributed by atoms with Gasteiger partial charge in [-0.1, -0.05) is 13.0 Å². The fraction of sp³-hybridized carbons (Fsp3) is 0.500. The minimum Gasteiger partial charge on any atom is -0.377 e. The van der Waals surface area contributed by atoms with Crippen LogP contribution in [0.4, 0.5) is 0 Å². The number of aryl methyl sites for hydroxylation is 1. The molecule has 0 saturated heterocycles. The van der Waals surface area contributed by atoms with E-state index in [1.165, 1.54) is 12.1 Å². The van der Waals surface area contributed by atoms with Crippen LogP contribution >= 0.6 is 10.7 Å². The molecule has 0 heterocycles. The first kappa shape index (κ1) is 17.9. The molecule has 1 amide bonds. The Kier molecular flexibility index (Phi) is 6.64. The van der Waals surface area contributed by atoms with Gasteiger partial charge in [0.05, 0.1) is 11.0 Å². The molecule has 1 aromatic carbocycles. The molecule has 1 unspecified atom stereocenters. The number of carbonyl (C=O) groups is 1. The number of amides is 1. The van der Waals surface area contributed by atoms with Crippen molar-refractivity contribution in [1.29, 1.82) is 0 Å². The number of carbonyl (C=O) groups excluding carboxylic acids is 1. The SMILES string of the molecule is CCOC(C)CNC(=O)c1cc(S(=O)(=O)Cl)ccc1CC. The highest BCUT2D eigenvalue weighted by atomic mass is 35.7. The van der Waals surface area contributed by atoms with Crippen molar-refractivity contribution < 1.29 is 17.9 Å². The molecule has 0 fully saturated rings. The summed E-state index contributed by atoms with van der Waals surface area (Å²) < 4.78 is 28.1. The molecule has 7 heteroatoms. The van der Waals surface area contributed by atoms with E-state index in [1.54, 1.807) is 6.07 Å². The molecule has 0 spiro atoms. The molecule has 21 heavy (non-hydrogen) atoms. The molecule has 0 aliphatic carbocycles. The quantitative estimate of drug-likeness (QED) is 0.777. The van der Waals surface area contributed by atoms with E-state index in [9.17, 15) is 13.2 Å². The summed E-state index contributed by atoms with van der Waals surface area (Å²) in [6.45, 7) is 6.54. The molecule has 0 radical (unpaired) electrons. The molecule has 0 aliphatic heterocycles. The third-order valence-electron chi connectivity index (χ3n) is 2.99. The summed E-state index contributed by atoms with van der Waals surface area (Å²) >= 11 is 0. The molecule has 1 aromatic rings. The summed E-state index contributed by atoms with van der Waals surface area (Å²) in [5.41, 5.74) is 1.09. The highest BCUT2D eigenvalue weighted by Gasteiger charge is 2.17. The smallest absolute Gasteiger partial charge is 0.261 e. The van der Waals surface area contributed by atoms with E-state index >= 15 is 0 Å². The molecule has 0 saturated carbocycles. The van der Waals surface area contributed by atoms with E-state index in [0.29, 0.717) is 25.1 Å². The summed E-state index contributed by atoms with van der Waals surface area (Å²) in [5.74, 6) is -0.333. The van der Waals surface area contributed by atoms with Crippen LogP contribution in [0.15, 0.2) is 23.1 Å². The first-order valence-electron chi connectivity index (χ1n) is 6.77. The van der Waals surface area contributed by atoms with E-state index in [1.807, 2.05) is 20.8 Å². The summed E-state index contributed by atoms with van der Waals surface area (Å²) in [6.07, 6.45) is 0.510. The van der Waals surface area contributed by atoms with Gasteiger partial charge in [-0.25, -0.2) is 8.42 Å². The van der Waals surface area contributed by atoms with Crippen molar-refractivity contribution in [2.24, 2.45) is 0 Å². The van der Waals surface area contributed by atoms with E-state index in [-0.39, 0.29) is 16.9 Å². The maximum absolute atomic E-state index is 12.2. The third kappa shape index (κ3) is 5.30. The predicted molar refractivity (Wildman–Crippen MR) is 82.3 cm³/mol. The largest absolute Gasteiger partial charge is 0.377 e. The third-order valence-corrected chi connectivity index (χ3v) is 4.34. The van der Waals surface area contributed by atoms with E-state index in [0.717, 1.165) is 5.56 Å². The van der Waals surface area contributed by atoms with Crippen LogP contribution in [0.25, 0.3) is 0 Å². The summed E-state index contributed by atoms with van der Waals surface area (Å²) in [5, 5.41) is 2.74. The average molecular weight is 334 g/mol. The zero-order valence-corrected chi connectivity index (χ0v) is 13.9. The lowest BCUT2D eigenvalue weighted by molar-refractivity contribution is 0.0694. The van der Waals surface area contributed by atoms with Crippen LogP contribution in [0.1, 0.15) is 36.7 Å². The Morgan fingerprint density at radius 1 is 1.38 bits per heavy atom. The maximum atomic E-state index is 12.2. The molecule has 0 aliphatic rings. The highest BCUT2D eigenvalue weighted by molar-refractivity contribution is 8.13. The first-order valence-corrected chi connectivity index (χ1v) is 9.07. The lowest BCUT2D eigenvalue weighted by atomic mass is 10.0. The van der Waals surface area contributed by atoms with Crippen LogP contribution < -0.4 is 5.32 Å². The van der Waals surface area contributed by atoms with Gasteiger partial charge in [-0.3, -0.25) is 4.79 Å². The minimum atomic E-state index is -3.86. The fourth-order valence-electron chi connectivity index (χ4n) is 1.90. The Morgan fingerprint density at radius 2 is 2.05 bits per heavy atom. The van der Waals surface area contributed by atoms with Gasteiger partial charge < -0.3 is 10.1 Å². The van der Waals surface area contributed by atoms with Crippen LogP contribution in [0.3, 0.4) is 0 Å². The molecule has 5 nitrogen and oxygen atoms in total. The topological polar surface area (TPSA) is 72.5 Å².